The van der Waals surface area contributed by atoms with Crippen molar-refractivity contribution in [2.24, 2.45) is 0 Å². The molecule has 0 radical (unpaired) electrons. The zero-order valence-electron chi connectivity index (χ0n) is 16.5. The molecule has 0 saturated carbocycles. The van der Waals surface area contributed by atoms with Crippen molar-refractivity contribution < 1.29 is 9.53 Å². The lowest BCUT2D eigenvalue weighted by molar-refractivity contribution is -0.144. The number of thiocarbonyl (C=S) groups is 1. The van der Waals surface area contributed by atoms with Crippen LogP contribution in [0.1, 0.15) is 104 Å². The van der Waals surface area contributed by atoms with E-state index < -0.39 is 0 Å². The summed E-state index contributed by atoms with van der Waals surface area (Å²) in [5, 5.41) is 0. The van der Waals surface area contributed by atoms with E-state index in [-0.39, 0.29) is 11.4 Å². The summed E-state index contributed by atoms with van der Waals surface area (Å²) in [6.07, 6.45) is 15.9. The molecule has 0 aromatic carbocycles. The summed E-state index contributed by atoms with van der Waals surface area (Å²) >= 11 is 8.73. The van der Waals surface area contributed by atoms with Gasteiger partial charge in [-0.25, -0.2) is 0 Å². The molecule has 25 heavy (non-hydrogen) atoms. The van der Waals surface area contributed by atoms with E-state index in [1.54, 1.807) is 23.5 Å². The second-order valence-corrected chi connectivity index (χ2v) is 9.92. The van der Waals surface area contributed by atoms with E-state index in [1.807, 2.05) is 6.92 Å². The van der Waals surface area contributed by atoms with E-state index in [0.29, 0.717) is 6.42 Å². The molecule has 0 amide bonds. The molecule has 0 spiro atoms. The van der Waals surface area contributed by atoms with Crippen molar-refractivity contribution in [3.8, 4) is 0 Å². The van der Waals surface area contributed by atoms with Gasteiger partial charge in [-0.05, 0) is 18.6 Å². The van der Waals surface area contributed by atoms with Gasteiger partial charge in [-0.2, -0.15) is 0 Å². The minimum Gasteiger partial charge on any atom is -0.451 e. The van der Waals surface area contributed by atoms with E-state index in [1.165, 1.54) is 64.2 Å². The fraction of sp³-hybridized carbons (Fsp3) is 0.900. The lowest BCUT2D eigenvalue weighted by Gasteiger charge is -2.16. The fourth-order valence-corrected chi connectivity index (χ4v) is 5.15. The number of rotatable bonds is 16. The molecule has 5 heteroatoms. The Labute approximate surface area is 170 Å². The average Bonchev–Trinajstić information content (AvgIpc) is 2.59. The van der Waals surface area contributed by atoms with E-state index in [0.717, 1.165) is 22.1 Å². The molecule has 0 N–H and O–H groups in total. The maximum absolute atomic E-state index is 11.5. The molecule has 1 unspecified atom stereocenters. The number of carbonyl (C=O) groups excluding carboxylic acids is 1. The second kappa shape index (κ2) is 19.0. The number of thioether (sulfide) groups is 2. The molecule has 0 rings (SSSR count). The smallest absolute Gasteiger partial charge is 0.306 e. The molecular formula is C20H38O2S3. The van der Waals surface area contributed by atoms with Crippen LogP contribution in [0, 0.1) is 0 Å². The highest BCUT2D eigenvalue weighted by molar-refractivity contribution is 8.47. The molecule has 1 atom stereocenters. The molecule has 0 aromatic heterocycles. The Balaban J connectivity index is 3.57. The van der Waals surface area contributed by atoms with Crippen molar-refractivity contribution >= 4 is 45.2 Å². The van der Waals surface area contributed by atoms with Crippen LogP contribution in [0.4, 0.5) is 0 Å². The third kappa shape index (κ3) is 17.4. The van der Waals surface area contributed by atoms with E-state index >= 15 is 0 Å². The van der Waals surface area contributed by atoms with E-state index in [9.17, 15) is 4.79 Å². The summed E-state index contributed by atoms with van der Waals surface area (Å²) in [5.74, 6) is 0.955. The van der Waals surface area contributed by atoms with Gasteiger partial charge in [0, 0.05) is 6.42 Å². The molecule has 0 aliphatic rings. The predicted molar refractivity (Wildman–Crippen MR) is 120 cm³/mol. The molecular weight excluding hydrogens is 368 g/mol. The third-order valence-corrected chi connectivity index (χ3v) is 6.82. The third-order valence-electron chi connectivity index (χ3n) is 4.02. The first-order valence-electron chi connectivity index (χ1n) is 10.2. The van der Waals surface area contributed by atoms with Gasteiger partial charge < -0.3 is 4.74 Å². The number of unbranched alkanes of at least 4 members (excludes halogenated alkanes) is 9. The monoisotopic (exact) mass is 406 g/mol. The van der Waals surface area contributed by atoms with Gasteiger partial charge in [0.15, 0.2) is 5.44 Å². The maximum atomic E-state index is 11.5. The Hall–Kier alpha value is 0.260. The first kappa shape index (κ1) is 25.3. The van der Waals surface area contributed by atoms with Gasteiger partial charge in [-0.3, -0.25) is 4.79 Å². The molecule has 0 aliphatic carbocycles. The van der Waals surface area contributed by atoms with Gasteiger partial charge in [-0.1, -0.05) is 109 Å². The number of hydrogen-bond donors (Lipinski definition) is 0. The van der Waals surface area contributed by atoms with E-state index in [2.05, 4.69) is 13.8 Å². The van der Waals surface area contributed by atoms with Crippen LogP contribution in [0.5, 0.6) is 0 Å². The Morgan fingerprint density at radius 1 is 0.880 bits per heavy atom. The zero-order chi connectivity index (χ0) is 18.8. The zero-order valence-corrected chi connectivity index (χ0v) is 19.0. The topological polar surface area (TPSA) is 26.3 Å². The number of hydrogen-bond acceptors (Lipinski definition) is 5. The highest BCUT2D eigenvalue weighted by Gasteiger charge is 2.15. The highest BCUT2D eigenvalue weighted by Crippen LogP contribution is 2.27. The first-order valence-corrected chi connectivity index (χ1v) is 12.4. The lowest BCUT2D eigenvalue weighted by Crippen LogP contribution is -2.15. The molecule has 148 valence electrons. The Bertz CT molecular complexity index is 335. The second-order valence-electron chi connectivity index (χ2n) is 6.46. The standard InChI is InChI=1S/C20H38O2S3/c1-4-7-8-9-10-11-12-13-14-15-17-24-20(23)25-19(16-5-2)22-18(21)6-3/h19H,4-17H2,1-3H3. The van der Waals surface area contributed by atoms with Crippen LogP contribution >= 0.6 is 35.7 Å². The van der Waals surface area contributed by atoms with Crippen LogP contribution in [0.3, 0.4) is 0 Å². The summed E-state index contributed by atoms with van der Waals surface area (Å²) < 4.78 is 6.36. The quantitative estimate of drug-likeness (QED) is 0.113. The van der Waals surface area contributed by atoms with Gasteiger partial charge in [-0.15, -0.1) is 11.8 Å². The number of esters is 1. The van der Waals surface area contributed by atoms with Crippen molar-refractivity contribution in [1.29, 1.82) is 0 Å². The van der Waals surface area contributed by atoms with Crippen molar-refractivity contribution in [3.05, 3.63) is 0 Å². The van der Waals surface area contributed by atoms with Gasteiger partial charge in [0.25, 0.3) is 0 Å². The van der Waals surface area contributed by atoms with Gasteiger partial charge in [0.05, 0.1) is 0 Å². The summed E-state index contributed by atoms with van der Waals surface area (Å²) in [4.78, 5) is 11.5. The maximum Gasteiger partial charge on any atom is 0.306 e. The lowest BCUT2D eigenvalue weighted by atomic mass is 10.1. The number of carbonyl (C=O) groups is 1. The van der Waals surface area contributed by atoms with Crippen LogP contribution in [-0.2, 0) is 9.53 Å². The molecule has 0 aromatic rings. The van der Waals surface area contributed by atoms with Crippen LogP contribution in [0.2, 0.25) is 0 Å². The summed E-state index contributed by atoms with van der Waals surface area (Å²) in [6, 6.07) is 0. The minimum absolute atomic E-state index is 0.106. The summed E-state index contributed by atoms with van der Waals surface area (Å²) in [7, 11) is 0. The normalized spacial score (nSPS) is 12.1. The largest absolute Gasteiger partial charge is 0.451 e. The summed E-state index contributed by atoms with van der Waals surface area (Å²) in [6.45, 7) is 6.20. The van der Waals surface area contributed by atoms with Crippen LogP contribution < -0.4 is 0 Å². The van der Waals surface area contributed by atoms with Crippen molar-refractivity contribution in [2.75, 3.05) is 5.75 Å². The Morgan fingerprint density at radius 2 is 1.44 bits per heavy atom. The predicted octanol–water partition coefficient (Wildman–Crippen LogP) is 7.74. The average molecular weight is 407 g/mol. The molecule has 2 nitrogen and oxygen atoms in total. The van der Waals surface area contributed by atoms with Crippen LogP contribution in [-0.4, -0.2) is 20.7 Å². The van der Waals surface area contributed by atoms with E-state index in [4.69, 9.17) is 17.0 Å². The molecule has 0 saturated heterocycles. The molecule has 0 aliphatic heterocycles. The van der Waals surface area contributed by atoms with Gasteiger partial charge in [0.1, 0.15) is 3.53 Å². The van der Waals surface area contributed by atoms with Crippen molar-refractivity contribution in [2.45, 2.75) is 110 Å². The fourth-order valence-electron chi connectivity index (χ4n) is 2.49. The van der Waals surface area contributed by atoms with Gasteiger partial charge in [0.2, 0.25) is 0 Å². The summed E-state index contributed by atoms with van der Waals surface area (Å²) in [5.41, 5.74) is -0.106. The first-order chi connectivity index (χ1) is 12.1. The molecule has 0 fully saturated rings. The van der Waals surface area contributed by atoms with Crippen LogP contribution in [0.25, 0.3) is 0 Å². The SMILES string of the molecule is CCCCCCCCCCCCSC(=S)SC(CCC)OC(=O)CC. The molecule has 0 heterocycles. The Kier molecular flexibility index (Phi) is 19.2. The molecule has 0 bridgehead atoms. The van der Waals surface area contributed by atoms with Gasteiger partial charge >= 0.3 is 5.97 Å². The number of ether oxygens (including phenoxy) is 1. The highest BCUT2D eigenvalue weighted by atomic mass is 32.2. The minimum atomic E-state index is -0.131. The Morgan fingerprint density at radius 3 is 1.96 bits per heavy atom. The van der Waals surface area contributed by atoms with Crippen LogP contribution in [0.15, 0.2) is 0 Å². The van der Waals surface area contributed by atoms with Crippen molar-refractivity contribution in [3.63, 3.8) is 0 Å². The van der Waals surface area contributed by atoms with Crippen molar-refractivity contribution in [1.82, 2.24) is 0 Å².